The minimum Gasteiger partial charge on any atom is -0.374 e. The Morgan fingerprint density at radius 3 is 1.17 bits per heavy atom. The van der Waals surface area contributed by atoms with Crippen molar-refractivity contribution in [3.63, 3.8) is 0 Å². The molecule has 2 fully saturated rings. The summed E-state index contributed by atoms with van der Waals surface area (Å²) in [7, 11) is 0. The fourth-order valence-corrected chi connectivity index (χ4v) is 8.96. The van der Waals surface area contributed by atoms with Crippen molar-refractivity contribution in [2.75, 3.05) is 13.2 Å². The van der Waals surface area contributed by atoms with Gasteiger partial charge in [-0.3, -0.25) is 0 Å². The van der Waals surface area contributed by atoms with E-state index in [0.717, 1.165) is 38.9 Å². The molecule has 0 aromatic heterocycles. The van der Waals surface area contributed by atoms with Gasteiger partial charge in [-0.05, 0) is 38.9 Å². The van der Waals surface area contributed by atoms with Crippen molar-refractivity contribution in [1.82, 2.24) is 0 Å². The molecule has 9 rings (SSSR count). The van der Waals surface area contributed by atoms with Crippen LogP contribution in [0.15, 0.2) is 212 Å². The number of hydrogen-bond acceptors (Lipinski definition) is 11. The predicted molar refractivity (Wildman–Crippen MR) is 272 cm³/mol. The highest BCUT2D eigenvalue weighted by Crippen LogP contribution is 2.37. The summed E-state index contributed by atoms with van der Waals surface area (Å²) in [5.41, 5.74) is 6.79. The second-order valence-electron chi connectivity index (χ2n) is 18.0. The van der Waals surface area contributed by atoms with Gasteiger partial charge in [0.1, 0.15) is 48.8 Å². The lowest BCUT2D eigenvalue weighted by Crippen LogP contribution is -2.62. The largest absolute Gasteiger partial charge is 0.374 e. The van der Waals surface area contributed by atoms with Gasteiger partial charge in [-0.1, -0.05) is 212 Å². The first-order valence-electron chi connectivity index (χ1n) is 24.8. The zero-order valence-electron chi connectivity index (χ0n) is 40.4. The number of rotatable bonds is 26. The Labute approximate surface area is 423 Å². The lowest BCUT2D eigenvalue weighted by atomic mass is 9.97. The van der Waals surface area contributed by atoms with E-state index in [4.69, 9.17) is 47.4 Å². The SMILES string of the molecule is O[C@H]1O[C@H](COCc2ccccc2)[C@@H](O[C@H]2O[C@H]([C@@H](COCc3ccccc3)OCc3ccccc3)[C@H](OCc3ccccc3)[C@H]2OCc2ccccc2)[C@H](OCc2ccccc2)[C@H]1OCc1ccccc1. The van der Waals surface area contributed by atoms with E-state index in [-0.39, 0.29) is 46.2 Å². The molecule has 374 valence electrons. The van der Waals surface area contributed by atoms with Gasteiger partial charge in [0.25, 0.3) is 0 Å². The molecule has 2 saturated heterocycles. The average molecular weight is 973 g/mol. The van der Waals surface area contributed by atoms with Gasteiger partial charge in [0.15, 0.2) is 12.6 Å². The zero-order chi connectivity index (χ0) is 49.0. The molecule has 2 heterocycles. The third kappa shape index (κ3) is 14.8. The fourth-order valence-electron chi connectivity index (χ4n) is 8.96. The highest BCUT2D eigenvalue weighted by atomic mass is 16.8. The van der Waals surface area contributed by atoms with Crippen LogP contribution in [0.25, 0.3) is 0 Å². The van der Waals surface area contributed by atoms with Gasteiger partial charge < -0.3 is 52.5 Å². The van der Waals surface area contributed by atoms with Crippen molar-refractivity contribution >= 4 is 0 Å². The van der Waals surface area contributed by atoms with E-state index in [1.807, 2.05) is 212 Å². The average Bonchev–Trinajstić information content (AvgIpc) is 3.78. The van der Waals surface area contributed by atoms with E-state index in [0.29, 0.717) is 13.2 Å². The number of ether oxygens (including phenoxy) is 10. The minimum atomic E-state index is -1.40. The van der Waals surface area contributed by atoms with Gasteiger partial charge in [0.05, 0.1) is 59.5 Å². The first-order valence-corrected chi connectivity index (χ1v) is 24.8. The van der Waals surface area contributed by atoms with Crippen molar-refractivity contribution in [3.8, 4) is 0 Å². The van der Waals surface area contributed by atoms with Crippen LogP contribution in [0.4, 0.5) is 0 Å². The summed E-state index contributed by atoms with van der Waals surface area (Å²) in [5.74, 6) is 0. The zero-order valence-corrected chi connectivity index (χ0v) is 40.4. The fraction of sp³-hybridized carbons (Fsp3) is 0.311. The molecule has 0 aliphatic carbocycles. The number of aliphatic hydroxyl groups excluding tert-OH is 1. The Morgan fingerprint density at radius 1 is 0.361 bits per heavy atom. The van der Waals surface area contributed by atoms with E-state index in [9.17, 15) is 5.11 Å². The van der Waals surface area contributed by atoms with Gasteiger partial charge in [0, 0.05) is 0 Å². The van der Waals surface area contributed by atoms with E-state index in [1.54, 1.807) is 0 Å². The lowest BCUT2D eigenvalue weighted by molar-refractivity contribution is -0.339. The van der Waals surface area contributed by atoms with E-state index < -0.39 is 61.4 Å². The third-order valence-corrected chi connectivity index (χ3v) is 12.7. The molecule has 7 aromatic carbocycles. The monoisotopic (exact) mass is 972 g/mol. The molecule has 0 amide bonds. The molecule has 10 atom stereocenters. The van der Waals surface area contributed by atoms with Gasteiger partial charge >= 0.3 is 0 Å². The second-order valence-corrected chi connectivity index (χ2v) is 18.0. The van der Waals surface area contributed by atoms with Crippen molar-refractivity contribution in [2.45, 2.75) is 108 Å². The molecule has 0 unspecified atom stereocenters. The number of hydrogen-bond donors (Lipinski definition) is 1. The topological polar surface area (TPSA) is 113 Å². The molecule has 2 aliphatic heterocycles. The van der Waals surface area contributed by atoms with Gasteiger partial charge in [-0.2, -0.15) is 0 Å². The van der Waals surface area contributed by atoms with Crippen molar-refractivity contribution < 1.29 is 52.5 Å². The number of aliphatic hydroxyl groups is 1. The molecule has 11 heteroatoms. The molecule has 1 N–H and O–H groups in total. The summed E-state index contributed by atoms with van der Waals surface area (Å²) in [6.45, 7) is 2.03. The third-order valence-electron chi connectivity index (χ3n) is 12.7. The van der Waals surface area contributed by atoms with Crippen LogP contribution in [-0.2, 0) is 93.6 Å². The molecule has 0 saturated carbocycles. The predicted octanol–water partition coefficient (Wildman–Crippen LogP) is 10.2. The standard InChI is InChI=1S/C61H64O11/c62-60-58(68-41-50-32-18-6-19-33-50)56(66-39-48-28-14-4-15-29-48)55(53(70-60)44-64-37-46-24-10-2-11-25-46)72-61-59(69-42-51-34-20-7-21-35-51)57(67-40-49-30-16-5-17-31-49)54(71-61)52(65-38-47-26-12-3-13-27-47)43-63-36-45-22-8-1-9-23-45/h1-35,52-62H,36-44H2/t52-,53-,54-,55-,56+,57+,58-,59-,60+,61-/m1/s1. The van der Waals surface area contributed by atoms with Crippen LogP contribution >= 0.6 is 0 Å². The van der Waals surface area contributed by atoms with Crippen LogP contribution < -0.4 is 0 Å². The molecule has 2 aliphatic rings. The second kappa shape index (κ2) is 27.2. The Balaban J connectivity index is 1.08. The molecule has 11 nitrogen and oxygen atoms in total. The van der Waals surface area contributed by atoms with Crippen LogP contribution in [-0.4, -0.2) is 79.7 Å². The smallest absolute Gasteiger partial charge is 0.187 e. The van der Waals surface area contributed by atoms with Crippen LogP contribution in [0.2, 0.25) is 0 Å². The van der Waals surface area contributed by atoms with Gasteiger partial charge in [0.2, 0.25) is 0 Å². The molecule has 0 radical (unpaired) electrons. The van der Waals surface area contributed by atoms with Crippen molar-refractivity contribution in [2.24, 2.45) is 0 Å². The molecule has 0 bridgehead atoms. The molecule has 7 aromatic rings. The molecule has 72 heavy (non-hydrogen) atoms. The Hall–Kier alpha value is -5.90. The van der Waals surface area contributed by atoms with Crippen LogP contribution in [0.3, 0.4) is 0 Å². The van der Waals surface area contributed by atoms with Crippen molar-refractivity contribution in [3.05, 3.63) is 251 Å². The van der Waals surface area contributed by atoms with Crippen molar-refractivity contribution in [1.29, 1.82) is 0 Å². The summed E-state index contributed by atoms with van der Waals surface area (Å²) in [6, 6.07) is 69.6. The van der Waals surface area contributed by atoms with E-state index in [2.05, 4.69) is 0 Å². The maximum absolute atomic E-state index is 12.0. The van der Waals surface area contributed by atoms with E-state index in [1.165, 1.54) is 0 Å². The lowest BCUT2D eigenvalue weighted by Gasteiger charge is -2.45. The maximum atomic E-state index is 12.0. The molecular formula is C61H64O11. The maximum Gasteiger partial charge on any atom is 0.187 e. The summed E-state index contributed by atoms with van der Waals surface area (Å²) in [6.07, 6.45) is -9.18. The van der Waals surface area contributed by atoms with Crippen LogP contribution in [0.1, 0.15) is 38.9 Å². The minimum absolute atomic E-state index is 0.0446. The summed E-state index contributed by atoms with van der Waals surface area (Å²) >= 11 is 0. The van der Waals surface area contributed by atoms with Crippen LogP contribution in [0.5, 0.6) is 0 Å². The molecular weight excluding hydrogens is 909 g/mol. The quantitative estimate of drug-likeness (QED) is 0.0560. The number of benzene rings is 7. The summed E-state index contributed by atoms with van der Waals surface area (Å²) < 4.78 is 68.3. The Kier molecular flexibility index (Phi) is 19.3. The Bertz CT molecular complexity index is 2550. The Morgan fingerprint density at radius 2 is 0.722 bits per heavy atom. The summed E-state index contributed by atoms with van der Waals surface area (Å²) in [4.78, 5) is 0. The van der Waals surface area contributed by atoms with Gasteiger partial charge in [-0.25, -0.2) is 0 Å². The normalized spacial score (nSPS) is 23.4. The first kappa shape index (κ1) is 51.0. The summed E-state index contributed by atoms with van der Waals surface area (Å²) in [5, 5.41) is 12.0. The van der Waals surface area contributed by atoms with Gasteiger partial charge in [-0.15, -0.1) is 0 Å². The van der Waals surface area contributed by atoms with E-state index >= 15 is 0 Å². The van der Waals surface area contributed by atoms with Crippen LogP contribution in [0, 0.1) is 0 Å². The molecule has 0 spiro atoms. The highest BCUT2D eigenvalue weighted by Gasteiger charge is 2.55. The first-order chi connectivity index (χ1) is 35.6. The highest BCUT2D eigenvalue weighted by molar-refractivity contribution is 5.19.